The molecular weight excluding hydrogens is 276 g/mol. The lowest BCUT2D eigenvalue weighted by Crippen LogP contribution is -2.49. The average Bonchev–Trinajstić information content (AvgIpc) is 2.39. The lowest BCUT2D eigenvalue weighted by Gasteiger charge is -2.36. The first-order chi connectivity index (χ1) is 9.80. The van der Waals surface area contributed by atoms with E-state index in [1.807, 2.05) is 0 Å². The highest BCUT2D eigenvalue weighted by molar-refractivity contribution is 5.97. The second-order valence-corrected chi connectivity index (χ2v) is 5.46. The zero-order valence-electron chi connectivity index (χ0n) is 11.7. The molecule has 0 aliphatic carbocycles. The van der Waals surface area contributed by atoms with Crippen molar-refractivity contribution in [1.82, 2.24) is 4.90 Å². The van der Waals surface area contributed by atoms with Gasteiger partial charge in [-0.05, 0) is 31.9 Å². The summed E-state index contributed by atoms with van der Waals surface area (Å²) in [6, 6.07) is 3.62. The Bertz CT molecular complexity index is 570. The maximum Gasteiger partial charge on any atom is 0.339 e. The number of nitrogens with one attached hydrogen (secondary N) is 1. The van der Waals surface area contributed by atoms with Gasteiger partial charge in [0.05, 0.1) is 17.8 Å². The fourth-order valence-electron chi connectivity index (χ4n) is 2.40. The Hall–Kier alpha value is -2.28. The zero-order valence-corrected chi connectivity index (χ0v) is 11.7. The van der Waals surface area contributed by atoms with Crippen molar-refractivity contribution in [3.63, 3.8) is 0 Å². The van der Waals surface area contributed by atoms with Crippen LogP contribution in [0.2, 0.25) is 0 Å². The standard InChI is InChI=1S/C14H18N2O5/c1-14(21)6-3-7-16(8-14)13(20)15-10-5-2-4-9(11(10)17)12(18)19/h2,4-5,17,21H,3,6-8H2,1H3,(H,15,20)(H,18,19). The van der Waals surface area contributed by atoms with Crippen LogP contribution in [0.25, 0.3) is 0 Å². The summed E-state index contributed by atoms with van der Waals surface area (Å²) in [6.07, 6.45) is 1.30. The van der Waals surface area contributed by atoms with Crippen LogP contribution in [0.1, 0.15) is 30.1 Å². The average molecular weight is 294 g/mol. The monoisotopic (exact) mass is 294 g/mol. The second-order valence-electron chi connectivity index (χ2n) is 5.46. The summed E-state index contributed by atoms with van der Waals surface area (Å²) in [5.41, 5.74) is -1.18. The molecule has 1 saturated heterocycles. The number of likely N-dealkylation sites (tertiary alicyclic amines) is 1. The van der Waals surface area contributed by atoms with Crippen molar-refractivity contribution >= 4 is 17.7 Å². The number of hydrogen-bond acceptors (Lipinski definition) is 4. The van der Waals surface area contributed by atoms with Gasteiger partial charge in [0, 0.05) is 6.54 Å². The normalized spacial score (nSPS) is 21.9. The maximum atomic E-state index is 12.1. The molecule has 0 aromatic heterocycles. The third kappa shape index (κ3) is 3.43. The summed E-state index contributed by atoms with van der Waals surface area (Å²) in [6.45, 7) is 2.36. The van der Waals surface area contributed by atoms with E-state index in [0.717, 1.165) is 0 Å². The van der Waals surface area contributed by atoms with Gasteiger partial charge in [0.15, 0.2) is 5.75 Å². The van der Waals surface area contributed by atoms with Gasteiger partial charge in [-0.1, -0.05) is 6.07 Å². The predicted molar refractivity (Wildman–Crippen MR) is 75.5 cm³/mol. The van der Waals surface area contributed by atoms with Crippen molar-refractivity contribution in [1.29, 1.82) is 0 Å². The van der Waals surface area contributed by atoms with E-state index in [4.69, 9.17) is 5.11 Å². The van der Waals surface area contributed by atoms with Crippen molar-refractivity contribution in [2.75, 3.05) is 18.4 Å². The third-order valence-corrected chi connectivity index (χ3v) is 3.47. The molecule has 21 heavy (non-hydrogen) atoms. The molecule has 1 atom stereocenters. The van der Waals surface area contributed by atoms with E-state index >= 15 is 0 Å². The van der Waals surface area contributed by atoms with Crippen LogP contribution < -0.4 is 5.32 Å². The lowest BCUT2D eigenvalue weighted by molar-refractivity contribution is -0.000638. The number of carboxylic acid groups (broad SMARTS) is 1. The maximum absolute atomic E-state index is 12.1. The van der Waals surface area contributed by atoms with Crippen LogP contribution in [0.5, 0.6) is 5.75 Å². The van der Waals surface area contributed by atoms with E-state index in [2.05, 4.69) is 5.32 Å². The van der Waals surface area contributed by atoms with E-state index in [0.29, 0.717) is 19.4 Å². The first-order valence-corrected chi connectivity index (χ1v) is 6.64. The number of benzene rings is 1. The van der Waals surface area contributed by atoms with Crippen LogP contribution in [0.3, 0.4) is 0 Å². The summed E-state index contributed by atoms with van der Waals surface area (Å²) in [7, 11) is 0. The Labute approximate surface area is 121 Å². The summed E-state index contributed by atoms with van der Waals surface area (Å²) in [5.74, 6) is -1.76. The number of nitrogens with zero attached hydrogens (tertiary/aromatic N) is 1. The van der Waals surface area contributed by atoms with Crippen molar-refractivity contribution in [3.05, 3.63) is 23.8 Å². The minimum absolute atomic E-state index is 0.0325. The van der Waals surface area contributed by atoms with E-state index in [1.54, 1.807) is 6.92 Å². The Morgan fingerprint density at radius 3 is 2.71 bits per heavy atom. The summed E-state index contributed by atoms with van der Waals surface area (Å²) >= 11 is 0. The summed E-state index contributed by atoms with van der Waals surface area (Å²) in [4.78, 5) is 24.5. The quantitative estimate of drug-likeness (QED) is 0.617. The van der Waals surface area contributed by atoms with Crippen molar-refractivity contribution in [2.24, 2.45) is 0 Å². The van der Waals surface area contributed by atoms with Crippen LogP contribution in [-0.2, 0) is 0 Å². The molecule has 0 saturated carbocycles. The molecule has 1 unspecified atom stereocenters. The number of piperidine rings is 1. The van der Waals surface area contributed by atoms with E-state index < -0.39 is 23.4 Å². The predicted octanol–water partition coefficient (Wildman–Crippen LogP) is 1.47. The van der Waals surface area contributed by atoms with Crippen LogP contribution in [-0.4, -0.2) is 50.9 Å². The first-order valence-electron chi connectivity index (χ1n) is 6.64. The lowest BCUT2D eigenvalue weighted by atomic mass is 9.95. The summed E-state index contributed by atoms with van der Waals surface area (Å²) < 4.78 is 0. The molecule has 1 aromatic rings. The second kappa shape index (κ2) is 5.61. The molecule has 1 fully saturated rings. The molecule has 114 valence electrons. The summed E-state index contributed by atoms with van der Waals surface area (Å²) in [5, 5.41) is 31.2. The topological polar surface area (TPSA) is 110 Å². The van der Waals surface area contributed by atoms with Crippen molar-refractivity contribution in [2.45, 2.75) is 25.4 Å². The highest BCUT2D eigenvalue weighted by Crippen LogP contribution is 2.28. The fourth-order valence-corrected chi connectivity index (χ4v) is 2.40. The van der Waals surface area contributed by atoms with Gasteiger partial charge >= 0.3 is 12.0 Å². The minimum Gasteiger partial charge on any atom is -0.505 e. The molecule has 0 bridgehead atoms. The largest absolute Gasteiger partial charge is 0.505 e. The van der Waals surface area contributed by atoms with Crippen LogP contribution in [0.15, 0.2) is 18.2 Å². The molecule has 7 heteroatoms. The smallest absolute Gasteiger partial charge is 0.339 e. The van der Waals surface area contributed by atoms with E-state index in [-0.39, 0.29) is 17.8 Å². The van der Waals surface area contributed by atoms with E-state index in [1.165, 1.54) is 23.1 Å². The number of amides is 2. The number of urea groups is 1. The van der Waals surface area contributed by atoms with Crippen LogP contribution >= 0.6 is 0 Å². The highest BCUT2D eigenvalue weighted by Gasteiger charge is 2.31. The van der Waals surface area contributed by atoms with Crippen LogP contribution in [0.4, 0.5) is 10.5 Å². The van der Waals surface area contributed by atoms with Crippen molar-refractivity contribution in [3.8, 4) is 5.75 Å². The first kappa shape index (κ1) is 15.1. The molecular formula is C14H18N2O5. The molecule has 1 aliphatic heterocycles. The number of aromatic hydroxyl groups is 1. The number of carbonyl (C=O) groups is 2. The number of para-hydroxylation sites is 1. The number of phenols is 1. The third-order valence-electron chi connectivity index (χ3n) is 3.47. The molecule has 2 rings (SSSR count). The van der Waals surface area contributed by atoms with Gasteiger partial charge in [-0.15, -0.1) is 0 Å². The number of β-amino-alcohol motifs (C(OH)–C–C–N with tert-alkyl or cyclic N) is 1. The molecule has 1 heterocycles. The van der Waals surface area contributed by atoms with E-state index in [9.17, 15) is 19.8 Å². The van der Waals surface area contributed by atoms with Crippen molar-refractivity contribution < 1.29 is 24.9 Å². The number of anilines is 1. The van der Waals surface area contributed by atoms with Gasteiger partial charge in [-0.2, -0.15) is 0 Å². The Balaban J connectivity index is 2.13. The number of carboxylic acids is 1. The molecule has 7 nitrogen and oxygen atoms in total. The van der Waals surface area contributed by atoms with Gasteiger partial charge in [-0.3, -0.25) is 0 Å². The zero-order chi connectivity index (χ0) is 15.6. The number of hydrogen-bond donors (Lipinski definition) is 4. The number of aliphatic hydroxyl groups is 1. The molecule has 1 aromatic carbocycles. The van der Waals surface area contributed by atoms with Gasteiger partial charge in [0.1, 0.15) is 5.56 Å². The Morgan fingerprint density at radius 1 is 1.38 bits per heavy atom. The molecule has 1 aliphatic rings. The highest BCUT2D eigenvalue weighted by atomic mass is 16.4. The number of rotatable bonds is 2. The van der Waals surface area contributed by atoms with Gasteiger partial charge in [-0.25, -0.2) is 9.59 Å². The molecule has 0 radical (unpaired) electrons. The SMILES string of the molecule is CC1(O)CCCN(C(=O)Nc2cccc(C(=O)O)c2O)C1. The van der Waals surface area contributed by atoms with Gasteiger partial charge < -0.3 is 25.5 Å². The molecule has 4 N–H and O–H groups in total. The Morgan fingerprint density at radius 2 is 2.10 bits per heavy atom. The molecule has 0 spiro atoms. The molecule has 2 amide bonds. The van der Waals surface area contributed by atoms with Gasteiger partial charge in [0.25, 0.3) is 0 Å². The fraction of sp³-hybridized carbons (Fsp3) is 0.429. The van der Waals surface area contributed by atoms with Gasteiger partial charge in [0.2, 0.25) is 0 Å². The Kier molecular flexibility index (Phi) is 4.04. The minimum atomic E-state index is -1.27. The van der Waals surface area contributed by atoms with Crippen LogP contribution in [0, 0.1) is 0 Å². The number of carbonyl (C=O) groups excluding carboxylic acids is 1. The number of aromatic carboxylic acids is 1.